The van der Waals surface area contributed by atoms with Crippen LogP contribution in [0.4, 0.5) is 0 Å². The molecule has 1 saturated heterocycles. The minimum Gasteiger partial charge on any atom is -0.396 e. The van der Waals surface area contributed by atoms with Crippen LogP contribution in [0.25, 0.3) is 0 Å². The molecular weight excluding hydrogens is 102 g/mol. The van der Waals surface area contributed by atoms with Crippen LogP contribution in [0.3, 0.4) is 0 Å². The van der Waals surface area contributed by atoms with Crippen LogP contribution in [-0.4, -0.2) is 24.8 Å². The van der Waals surface area contributed by atoms with Gasteiger partial charge in [-0.15, -0.1) is 0 Å². The van der Waals surface area contributed by atoms with Gasteiger partial charge >= 0.3 is 0 Å². The lowest BCUT2D eigenvalue weighted by Gasteiger charge is -1.79. The van der Waals surface area contributed by atoms with Crippen molar-refractivity contribution in [1.29, 1.82) is 0 Å². The first-order valence-electron chi connectivity index (χ1n) is 3.23. The van der Waals surface area contributed by atoms with Crippen molar-refractivity contribution in [2.24, 2.45) is 0 Å². The van der Waals surface area contributed by atoms with E-state index >= 15 is 0 Å². The molecule has 1 aliphatic heterocycles. The lowest BCUT2D eigenvalue weighted by atomic mass is 10.4. The average Bonchev–Trinajstić information content (AvgIpc) is 2.50. The number of aliphatic hydroxyl groups is 1. The summed E-state index contributed by atoms with van der Waals surface area (Å²) in [5, 5.41) is 11.1. The molecule has 0 atom stereocenters. The van der Waals surface area contributed by atoms with E-state index < -0.39 is 0 Å². The van der Waals surface area contributed by atoms with Crippen molar-refractivity contribution in [3.63, 3.8) is 0 Å². The molecule has 1 aliphatic rings. The zero-order valence-corrected chi connectivity index (χ0v) is 5.48. The highest BCUT2D eigenvalue weighted by molar-refractivity contribution is 4.58. The van der Waals surface area contributed by atoms with E-state index in [1.165, 1.54) is 13.1 Å². The summed E-state index contributed by atoms with van der Waals surface area (Å²) >= 11 is 0. The maximum atomic E-state index is 8.07. The predicted octanol–water partition coefficient (Wildman–Crippen LogP) is 0.368. The second-order valence-electron chi connectivity index (χ2n) is 1.83. The van der Waals surface area contributed by atoms with E-state index in [4.69, 9.17) is 5.11 Å². The van der Waals surface area contributed by atoms with Crippen LogP contribution in [0.15, 0.2) is 0 Å². The molecule has 0 aromatic rings. The van der Waals surface area contributed by atoms with Crippen molar-refractivity contribution in [1.82, 2.24) is 5.32 Å². The van der Waals surface area contributed by atoms with Gasteiger partial charge in [0.05, 0.1) is 0 Å². The second-order valence-corrected chi connectivity index (χ2v) is 1.83. The van der Waals surface area contributed by atoms with E-state index in [2.05, 4.69) is 12.2 Å². The molecule has 0 bridgehead atoms. The summed E-state index contributed by atoms with van der Waals surface area (Å²) in [5.41, 5.74) is 0. The molecule has 1 heterocycles. The summed E-state index contributed by atoms with van der Waals surface area (Å²) in [4.78, 5) is 0. The Morgan fingerprint density at radius 1 is 1.50 bits per heavy atom. The molecule has 0 aliphatic carbocycles. The first-order chi connectivity index (χ1) is 3.91. The molecule has 8 heavy (non-hydrogen) atoms. The lowest BCUT2D eigenvalue weighted by Crippen LogP contribution is -1.75. The third kappa shape index (κ3) is 16.8. The Morgan fingerprint density at radius 3 is 2.00 bits per heavy atom. The van der Waals surface area contributed by atoms with Crippen LogP contribution in [0.1, 0.15) is 19.8 Å². The van der Waals surface area contributed by atoms with E-state index in [0.717, 1.165) is 12.8 Å². The van der Waals surface area contributed by atoms with Crippen molar-refractivity contribution in [2.75, 3.05) is 19.7 Å². The first kappa shape index (κ1) is 7.92. The molecule has 0 radical (unpaired) electrons. The second kappa shape index (κ2) is 6.92. The van der Waals surface area contributed by atoms with Gasteiger partial charge in [0.1, 0.15) is 0 Å². The molecular formula is C6H15NO. The molecule has 1 fully saturated rings. The van der Waals surface area contributed by atoms with Crippen LogP contribution in [0, 0.1) is 0 Å². The van der Waals surface area contributed by atoms with Gasteiger partial charge in [-0.3, -0.25) is 0 Å². The normalized spacial score (nSPS) is 14.2. The van der Waals surface area contributed by atoms with Crippen molar-refractivity contribution in [2.45, 2.75) is 19.8 Å². The van der Waals surface area contributed by atoms with Gasteiger partial charge in [-0.2, -0.15) is 0 Å². The van der Waals surface area contributed by atoms with E-state index in [9.17, 15) is 0 Å². The highest BCUT2D eigenvalue weighted by Gasteiger charge is 1.91. The number of hydrogen-bond donors (Lipinski definition) is 2. The highest BCUT2D eigenvalue weighted by Crippen LogP contribution is 1.78. The fourth-order valence-electron chi connectivity index (χ4n) is 0.158. The minimum atomic E-state index is 0.344. The maximum absolute atomic E-state index is 8.07. The lowest BCUT2D eigenvalue weighted by molar-refractivity contribution is 0.287. The summed E-state index contributed by atoms with van der Waals surface area (Å²) in [7, 11) is 0. The monoisotopic (exact) mass is 117 g/mol. The Labute approximate surface area is 50.9 Å². The summed E-state index contributed by atoms with van der Waals surface area (Å²) in [5.74, 6) is 0. The van der Waals surface area contributed by atoms with Crippen molar-refractivity contribution in [3.8, 4) is 0 Å². The van der Waals surface area contributed by atoms with Gasteiger partial charge in [-0.05, 0) is 6.42 Å². The van der Waals surface area contributed by atoms with E-state index in [1.54, 1.807) is 0 Å². The van der Waals surface area contributed by atoms with Crippen LogP contribution < -0.4 is 5.32 Å². The maximum Gasteiger partial charge on any atom is 0.0430 e. The molecule has 0 aromatic carbocycles. The Bertz CT molecular complexity index is 32.8. The zero-order valence-electron chi connectivity index (χ0n) is 5.48. The van der Waals surface area contributed by atoms with Crippen LogP contribution in [0.2, 0.25) is 0 Å². The van der Waals surface area contributed by atoms with Crippen LogP contribution >= 0.6 is 0 Å². The van der Waals surface area contributed by atoms with Gasteiger partial charge in [0.2, 0.25) is 0 Å². The van der Waals surface area contributed by atoms with Crippen molar-refractivity contribution >= 4 is 0 Å². The van der Waals surface area contributed by atoms with Gasteiger partial charge in [0.25, 0.3) is 0 Å². The van der Waals surface area contributed by atoms with Gasteiger partial charge in [0, 0.05) is 19.7 Å². The summed E-state index contributed by atoms with van der Waals surface area (Å²) < 4.78 is 0. The van der Waals surface area contributed by atoms with Crippen molar-refractivity contribution in [3.05, 3.63) is 0 Å². The fourth-order valence-corrected chi connectivity index (χ4v) is 0.158. The SMILES string of the molecule is C1CN1.CCCCO. The Hall–Kier alpha value is -0.0800. The van der Waals surface area contributed by atoms with Gasteiger partial charge in [-0.1, -0.05) is 13.3 Å². The van der Waals surface area contributed by atoms with Crippen LogP contribution in [-0.2, 0) is 0 Å². The quantitative estimate of drug-likeness (QED) is 0.513. The molecule has 0 aromatic heterocycles. The number of aliphatic hydroxyl groups excluding tert-OH is 1. The van der Waals surface area contributed by atoms with Gasteiger partial charge in [0.15, 0.2) is 0 Å². The molecule has 2 nitrogen and oxygen atoms in total. The molecule has 0 spiro atoms. The highest BCUT2D eigenvalue weighted by atomic mass is 16.2. The largest absolute Gasteiger partial charge is 0.396 e. The Morgan fingerprint density at radius 2 is 2.00 bits per heavy atom. The predicted molar refractivity (Wildman–Crippen MR) is 34.9 cm³/mol. The van der Waals surface area contributed by atoms with Gasteiger partial charge in [-0.25, -0.2) is 0 Å². The molecule has 0 amide bonds. The Kier molecular flexibility index (Phi) is 6.85. The summed E-state index contributed by atoms with van der Waals surface area (Å²) in [6.45, 7) is 4.90. The average molecular weight is 117 g/mol. The third-order valence-electron chi connectivity index (χ3n) is 0.762. The standard InChI is InChI=1S/C4H10O.C2H5N/c1-2-3-4-5;1-2-3-1/h5H,2-4H2,1H3;3H,1-2H2. The number of unbranched alkanes of at least 4 members (excludes halogenated alkanes) is 1. The third-order valence-corrected chi connectivity index (χ3v) is 0.762. The molecule has 0 unspecified atom stereocenters. The van der Waals surface area contributed by atoms with E-state index in [1.807, 2.05) is 0 Å². The number of rotatable bonds is 2. The molecule has 2 N–H and O–H groups in total. The number of hydrogen-bond acceptors (Lipinski definition) is 2. The molecule has 50 valence electrons. The van der Waals surface area contributed by atoms with E-state index in [0.29, 0.717) is 6.61 Å². The summed E-state index contributed by atoms with van der Waals surface area (Å²) in [6.07, 6.45) is 2.04. The van der Waals surface area contributed by atoms with Crippen molar-refractivity contribution < 1.29 is 5.11 Å². The number of nitrogens with one attached hydrogen (secondary N) is 1. The van der Waals surface area contributed by atoms with E-state index in [-0.39, 0.29) is 0 Å². The fraction of sp³-hybridized carbons (Fsp3) is 1.00. The summed E-state index contributed by atoms with van der Waals surface area (Å²) in [6, 6.07) is 0. The smallest absolute Gasteiger partial charge is 0.0430 e. The molecule has 1 rings (SSSR count). The Balaban J connectivity index is 0.000000135. The molecule has 0 saturated carbocycles. The van der Waals surface area contributed by atoms with Crippen LogP contribution in [0.5, 0.6) is 0 Å². The topological polar surface area (TPSA) is 42.2 Å². The first-order valence-corrected chi connectivity index (χ1v) is 3.23. The van der Waals surface area contributed by atoms with Gasteiger partial charge < -0.3 is 10.4 Å². The zero-order chi connectivity index (χ0) is 6.24. The minimum absolute atomic E-state index is 0.344. The molecule has 2 heteroatoms.